The summed E-state index contributed by atoms with van der Waals surface area (Å²) in [5.41, 5.74) is 1.23. The van der Waals surface area contributed by atoms with Gasteiger partial charge in [-0.25, -0.2) is 0 Å². The van der Waals surface area contributed by atoms with Crippen molar-refractivity contribution in [1.29, 1.82) is 0 Å². The molecule has 2 rings (SSSR count). The Morgan fingerprint density at radius 2 is 2.00 bits per heavy atom. The van der Waals surface area contributed by atoms with Gasteiger partial charge in [-0.05, 0) is 36.5 Å². The van der Waals surface area contributed by atoms with Gasteiger partial charge in [0.2, 0.25) is 0 Å². The van der Waals surface area contributed by atoms with Gasteiger partial charge in [0.05, 0.1) is 0 Å². The third kappa shape index (κ3) is 2.10. The fourth-order valence-electron chi connectivity index (χ4n) is 2.07. The molecular formula is C11H11BrCl2. The molecule has 0 aliphatic heterocycles. The van der Waals surface area contributed by atoms with Crippen LogP contribution in [0.4, 0.5) is 0 Å². The molecule has 0 aromatic heterocycles. The predicted molar refractivity (Wildman–Crippen MR) is 65.8 cm³/mol. The lowest BCUT2D eigenvalue weighted by Crippen LogP contribution is -2.04. The number of hydrogen-bond acceptors (Lipinski definition) is 0. The molecule has 0 nitrogen and oxygen atoms in total. The van der Waals surface area contributed by atoms with E-state index in [1.165, 1.54) is 24.8 Å². The van der Waals surface area contributed by atoms with E-state index in [0.717, 1.165) is 5.02 Å². The first kappa shape index (κ1) is 10.8. The van der Waals surface area contributed by atoms with Crippen molar-refractivity contribution in [2.45, 2.75) is 30.0 Å². The molecule has 14 heavy (non-hydrogen) atoms. The Bertz CT molecular complexity index is 338. The smallest absolute Gasteiger partial charge is 0.0456 e. The highest BCUT2D eigenvalue weighted by atomic mass is 79.9. The molecule has 2 unspecified atom stereocenters. The lowest BCUT2D eigenvalue weighted by molar-refractivity contribution is 0.743. The summed E-state index contributed by atoms with van der Waals surface area (Å²) in [7, 11) is 0. The summed E-state index contributed by atoms with van der Waals surface area (Å²) in [6, 6.07) is 5.80. The maximum atomic E-state index is 6.17. The summed E-state index contributed by atoms with van der Waals surface area (Å²) in [5.74, 6) is 0.555. The number of benzene rings is 1. The van der Waals surface area contributed by atoms with Crippen LogP contribution in [-0.4, -0.2) is 4.83 Å². The van der Waals surface area contributed by atoms with E-state index in [1.54, 1.807) is 0 Å². The normalized spacial score (nSPS) is 26.8. The van der Waals surface area contributed by atoms with Crippen molar-refractivity contribution in [2.75, 3.05) is 0 Å². The SMILES string of the molecule is Clc1ccc(C2CCCC2Br)c(Cl)c1. The van der Waals surface area contributed by atoms with Crippen LogP contribution >= 0.6 is 39.1 Å². The third-order valence-corrected chi connectivity index (χ3v) is 4.45. The Morgan fingerprint density at radius 3 is 2.57 bits per heavy atom. The van der Waals surface area contributed by atoms with Crippen LogP contribution in [-0.2, 0) is 0 Å². The van der Waals surface area contributed by atoms with Crippen molar-refractivity contribution in [3.05, 3.63) is 33.8 Å². The molecule has 1 aliphatic rings. The molecule has 0 amide bonds. The van der Waals surface area contributed by atoms with Gasteiger partial charge in [-0.3, -0.25) is 0 Å². The van der Waals surface area contributed by atoms with Crippen molar-refractivity contribution in [3.8, 4) is 0 Å². The minimum atomic E-state index is 0.555. The molecule has 0 bridgehead atoms. The zero-order chi connectivity index (χ0) is 10.1. The zero-order valence-corrected chi connectivity index (χ0v) is 10.7. The second-order valence-electron chi connectivity index (χ2n) is 3.72. The maximum absolute atomic E-state index is 6.17. The molecule has 1 aromatic carbocycles. The first-order chi connectivity index (χ1) is 6.68. The zero-order valence-electron chi connectivity index (χ0n) is 7.64. The van der Waals surface area contributed by atoms with E-state index in [1.807, 2.05) is 12.1 Å². The maximum Gasteiger partial charge on any atom is 0.0456 e. The summed E-state index contributed by atoms with van der Waals surface area (Å²) in [4.78, 5) is 0.571. The number of hydrogen-bond donors (Lipinski definition) is 0. The Kier molecular flexibility index (Phi) is 3.41. The second-order valence-corrected chi connectivity index (χ2v) is 5.74. The van der Waals surface area contributed by atoms with E-state index in [0.29, 0.717) is 15.8 Å². The predicted octanol–water partition coefficient (Wildman–Crippen LogP) is 5.02. The van der Waals surface area contributed by atoms with Gasteiger partial charge >= 0.3 is 0 Å². The highest BCUT2D eigenvalue weighted by Crippen LogP contribution is 2.42. The van der Waals surface area contributed by atoms with Crippen molar-refractivity contribution >= 4 is 39.1 Å². The Labute approximate surface area is 103 Å². The summed E-state index contributed by atoms with van der Waals surface area (Å²) in [6.45, 7) is 0. The minimum Gasteiger partial charge on any atom is -0.0884 e. The highest BCUT2D eigenvalue weighted by Gasteiger charge is 2.27. The van der Waals surface area contributed by atoms with Crippen LogP contribution in [0.1, 0.15) is 30.7 Å². The van der Waals surface area contributed by atoms with Crippen LogP contribution in [0, 0.1) is 0 Å². The van der Waals surface area contributed by atoms with Gasteiger partial charge in [0, 0.05) is 14.9 Å². The van der Waals surface area contributed by atoms with E-state index in [4.69, 9.17) is 23.2 Å². The third-order valence-electron chi connectivity index (χ3n) is 2.79. The van der Waals surface area contributed by atoms with Crippen LogP contribution in [0.25, 0.3) is 0 Å². The molecule has 1 saturated carbocycles. The first-order valence-corrected chi connectivity index (χ1v) is 6.44. The van der Waals surface area contributed by atoms with Crippen molar-refractivity contribution in [2.24, 2.45) is 0 Å². The van der Waals surface area contributed by atoms with E-state index in [-0.39, 0.29) is 0 Å². The summed E-state index contributed by atoms with van der Waals surface area (Å²) < 4.78 is 0. The van der Waals surface area contributed by atoms with E-state index in [9.17, 15) is 0 Å². The molecule has 1 fully saturated rings. The van der Waals surface area contributed by atoms with Gasteiger partial charge in [-0.1, -0.05) is 51.6 Å². The monoisotopic (exact) mass is 292 g/mol. The van der Waals surface area contributed by atoms with E-state index in [2.05, 4.69) is 22.0 Å². The molecule has 0 radical (unpaired) electrons. The summed E-state index contributed by atoms with van der Waals surface area (Å²) in [5, 5.41) is 1.51. The summed E-state index contributed by atoms with van der Waals surface area (Å²) >= 11 is 15.7. The average Bonchev–Trinajstić information content (AvgIpc) is 2.52. The largest absolute Gasteiger partial charge is 0.0884 e. The van der Waals surface area contributed by atoms with E-state index < -0.39 is 0 Å². The molecule has 1 aliphatic carbocycles. The molecule has 2 atom stereocenters. The van der Waals surface area contributed by atoms with Crippen LogP contribution < -0.4 is 0 Å². The molecule has 0 heterocycles. The average molecular weight is 294 g/mol. The van der Waals surface area contributed by atoms with Gasteiger partial charge in [-0.2, -0.15) is 0 Å². The van der Waals surface area contributed by atoms with Gasteiger partial charge < -0.3 is 0 Å². The van der Waals surface area contributed by atoms with Crippen LogP contribution in [0.15, 0.2) is 18.2 Å². The topological polar surface area (TPSA) is 0 Å². The van der Waals surface area contributed by atoms with Crippen molar-refractivity contribution in [3.63, 3.8) is 0 Å². The van der Waals surface area contributed by atoms with Crippen LogP contribution in [0.5, 0.6) is 0 Å². The Morgan fingerprint density at radius 1 is 1.21 bits per heavy atom. The van der Waals surface area contributed by atoms with E-state index >= 15 is 0 Å². The number of rotatable bonds is 1. The lowest BCUT2D eigenvalue weighted by Gasteiger charge is -2.15. The highest BCUT2D eigenvalue weighted by molar-refractivity contribution is 9.09. The number of halogens is 3. The first-order valence-electron chi connectivity index (χ1n) is 4.77. The fraction of sp³-hybridized carbons (Fsp3) is 0.455. The second kappa shape index (κ2) is 4.42. The Balaban J connectivity index is 2.31. The molecule has 0 spiro atoms. The van der Waals surface area contributed by atoms with Crippen LogP contribution in [0.3, 0.4) is 0 Å². The quantitative estimate of drug-likeness (QED) is 0.638. The van der Waals surface area contributed by atoms with Gasteiger partial charge in [-0.15, -0.1) is 0 Å². The Hall–Kier alpha value is 0.280. The molecule has 0 N–H and O–H groups in total. The number of alkyl halides is 1. The van der Waals surface area contributed by atoms with Gasteiger partial charge in [0.1, 0.15) is 0 Å². The summed E-state index contributed by atoms with van der Waals surface area (Å²) in [6.07, 6.45) is 3.74. The molecule has 0 saturated heterocycles. The standard InChI is InChI=1S/C11H11BrCl2/c12-10-3-1-2-8(10)9-5-4-7(13)6-11(9)14/h4-6,8,10H,1-3H2. The molecular weight excluding hydrogens is 283 g/mol. The molecule has 76 valence electrons. The van der Waals surface area contributed by atoms with Crippen molar-refractivity contribution in [1.82, 2.24) is 0 Å². The molecule has 3 heteroatoms. The van der Waals surface area contributed by atoms with Crippen LogP contribution in [0.2, 0.25) is 10.0 Å². The molecule has 1 aromatic rings. The minimum absolute atomic E-state index is 0.555. The van der Waals surface area contributed by atoms with Gasteiger partial charge in [0.25, 0.3) is 0 Å². The van der Waals surface area contributed by atoms with Gasteiger partial charge in [0.15, 0.2) is 0 Å². The fourth-order valence-corrected chi connectivity index (χ4v) is 3.49. The lowest BCUT2D eigenvalue weighted by atomic mass is 9.98. The van der Waals surface area contributed by atoms with Crippen molar-refractivity contribution < 1.29 is 0 Å².